The van der Waals surface area contributed by atoms with Crippen LogP contribution in [0.5, 0.6) is 5.75 Å². The van der Waals surface area contributed by atoms with Gasteiger partial charge in [0, 0.05) is 20.9 Å². The van der Waals surface area contributed by atoms with Gasteiger partial charge in [0.1, 0.15) is 12.4 Å². The van der Waals surface area contributed by atoms with Gasteiger partial charge in [-0.15, -0.1) is 0 Å². The lowest BCUT2D eigenvalue weighted by Crippen LogP contribution is -1.98. The van der Waals surface area contributed by atoms with E-state index in [4.69, 9.17) is 39.5 Å². The fraction of sp³-hybridized carbons (Fsp3) is 0.143. The van der Waals surface area contributed by atoms with Crippen LogP contribution >= 0.6 is 50.7 Å². The van der Waals surface area contributed by atoms with Crippen molar-refractivity contribution < 1.29 is 4.74 Å². The third kappa shape index (κ3) is 4.03. The van der Waals surface area contributed by atoms with E-state index < -0.39 is 0 Å². The van der Waals surface area contributed by atoms with E-state index >= 15 is 0 Å². The van der Waals surface area contributed by atoms with Gasteiger partial charge >= 0.3 is 0 Å². The third-order valence-electron chi connectivity index (χ3n) is 2.53. The molecule has 0 radical (unpaired) electrons. The quantitative estimate of drug-likeness (QED) is 0.581. The number of ether oxygens (including phenoxy) is 1. The van der Waals surface area contributed by atoms with Crippen LogP contribution in [0.15, 0.2) is 36.4 Å². The van der Waals surface area contributed by atoms with Crippen LogP contribution in [0.1, 0.15) is 11.1 Å². The van der Waals surface area contributed by atoms with Crippen LogP contribution in [0.2, 0.25) is 15.1 Å². The first-order valence-corrected chi connectivity index (χ1v) is 7.77. The fourth-order valence-corrected chi connectivity index (χ4v) is 2.74. The van der Waals surface area contributed by atoms with Crippen molar-refractivity contribution in [1.82, 2.24) is 0 Å². The monoisotopic (exact) mass is 378 g/mol. The highest BCUT2D eigenvalue weighted by Crippen LogP contribution is 2.34. The number of rotatable bonds is 4. The van der Waals surface area contributed by atoms with Crippen molar-refractivity contribution in [2.45, 2.75) is 11.9 Å². The lowest BCUT2D eigenvalue weighted by atomic mass is 10.2. The minimum absolute atomic E-state index is 0.429. The second-order valence-electron chi connectivity index (χ2n) is 3.92. The van der Waals surface area contributed by atoms with Gasteiger partial charge in [0.2, 0.25) is 0 Å². The molecule has 0 amide bonds. The second-order valence-corrected chi connectivity index (χ2v) is 5.77. The number of hydrogen-bond donors (Lipinski definition) is 0. The maximum Gasteiger partial charge on any atom is 0.142 e. The molecule has 0 spiro atoms. The molecule has 2 aromatic rings. The van der Waals surface area contributed by atoms with Crippen LogP contribution in [-0.2, 0) is 11.9 Å². The standard InChI is InChI=1S/C14H10BrCl3O/c15-7-10-5-12(17)6-13(18)14(10)19-8-9-1-3-11(16)4-2-9/h1-6H,7-8H2. The molecule has 0 saturated carbocycles. The highest BCUT2D eigenvalue weighted by molar-refractivity contribution is 9.08. The molecule has 0 aliphatic carbocycles. The van der Waals surface area contributed by atoms with Gasteiger partial charge in [-0.05, 0) is 29.8 Å². The Balaban J connectivity index is 2.17. The molecule has 0 fully saturated rings. The zero-order valence-corrected chi connectivity index (χ0v) is 13.7. The van der Waals surface area contributed by atoms with Gasteiger partial charge in [-0.2, -0.15) is 0 Å². The summed E-state index contributed by atoms with van der Waals surface area (Å²) in [5, 5.41) is 2.44. The van der Waals surface area contributed by atoms with Crippen molar-refractivity contribution in [1.29, 1.82) is 0 Å². The zero-order valence-electron chi connectivity index (χ0n) is 9.80. The van der Waals surface area contributed by atoms with Crippen LogP contribution in [0, 0.1) is 0 Å². The molecule has 0 bridgehead atoms. The number of halogens is 4. The Kier molecular flexibility index (Phi) is 5.40. The predicted octanol–water partition coefficient (Wildman–Crippen LogP) is 6.12. The second kappa shape index (κ2) is 6.85. The number of benzene rings is 2. The molecule has 0 aromatic heterocycles. The van der Waals surface area contributed by atoms with Gasteiger partial charge in [-0.3, -0.25) is 0 Å². The topological polar surface area (TPSA) is 9.23 Å². The summed E-state index contributed by atoms with van der Waals surface area (Å²) in [7, 11) is 0. The third-order valence-corrected chi connectivity index (χ3v) is 3.88. The Hall–Kier alpha value is -0.410. The Morgan fingerprint density at radius 1 is 0.947 bits per heavy atom. The molecular formula is C14H10BrCl3O. The molecule has 2 rings (SSSR count). The van der Waals surface area contributed by atoms with Crippen molar-refractivity contribution in [2.75, 3.05) is 0 Å². The zero-order chi connectivity index (χ0) is 13.8. The summed E-state index contributed by atoms with van der Waals surface area (Å²) in [5.74, 6) is 0.651. The van der Waals surface area contributed by atoms with E-state index in [1.54, 1.807) is 6.07 Å². The molecule has 0 aliphatic heterocycles. The number of alkyl halides is 1. The average Bonchev–Trinajstić information content (AvgIpc) is 2.39. The van der Waals surface area contributed by atoms with Crippen molar-refractivity contribution in [3.63, 3.8) is 0 Å². The Morgan fingerprint density at radius 3 is 2.26 bits per heavy atom. The summed E-state index contributed by atoms with van der Waals surface area (Å²) in [5.41, 5.74) is 1.95. The first-order valence-electron chi connectivity index (χ1n) is 5.51. The Bertz CT molecular complexity index is 570. The van der Waals surface area contributed by atoms with Crippen molar-refractivity contribution in [2.24, 2.45) is 0 Å². The van der Waals surface area contributed by atoms with E-state index in [-0.39, 0.29) is 0 Å². The first kappa shape index (κ1) is 15.0. The first-order chi connectivity index (χ1) is 9.10. The Labute approximate surface area is 135 Å². The molecule has 0 atom stereocenters. The van der Waals surface area contributed by atoms with E-state index in [0.717, 1.165) is 11.1 Å². The molecule has 0 N–H and O–H groups in total. The lowest BCUT2D eigenvalue weighted by Gasteiger charge is -2.12. The maximum atomic E-state index is 6.15. The molecule has 19 heavy (non-hydrogen) atoms. The number of hydrogen-bond acceptors (Lipinski definition) is 1. The van der Waals surface area contributed by atoms with E-state index in [2.05, 4.69) is 15.9 Å². The maximum absolute atomic E-state index is 6.15. The smallest absolute Gasteiger partial charge is 0.142 e. The average molecular weight is 380 g/mol. The summed E-state index contributed by atoms with van der Waals surface area (Å²) in [6, 6.07) is 11.0. The SMILES string of the molecule is Clc1ccc(COc2c(Cl)cc(Cl)cc2CBr)cc1. The highest BCUT2D eigenvalue weighted by Gasteiger charge is 2.10. The summed E-state index contributed by atoms with van der Waals surface area (Å²) < 4.78 is 5.78. The molecule has 0 heterocycles. The van der Waals surface area contributed by atoms with Crippen molar-refractivity contribution in [3.05, 3.63) is 62.6 Å². The molecule has 5 heteroatoms. The van der Waals surface area contributed by atoms with Gasteiger partial charge in [0.15, 0.2) is 0 Å². The van der Waals surface area contributed by atoms with Gasteiger partial charge in [0.25, 0.3) is 0 Å². The van der Waals surface area contributed by atoms with E-state index in [0.29, 0.717) is 32.8 Å². The molecule has 0 aliphatic rings. The van der Waals surface area contributed by atoms with Gasteiger partial charge in [0.05, 0.1) is 5.02 Å². The molecular weight excluding hydrogens is 370 g/mol. The van der Waals surface area contributed by atoms with Crippen molar-refractivity contribution >= 4 is 50.7 Å². The summed E-state index contributed by atoms with van der Waals surface area (Å²) >= 11 is 21.3. The highest BCUT2D eigenvalue weighted by atomic mass is 79.9. The molecule has 100 valence electrons. The molecule has 1 nitrogen and oxygen atoms in total. The largest absolute Gasteiger partial charge is 0.487 e. The van der Waals surface area contributed by atoms with Crippen LogP contribution in [0.4, 0.5) is 0 Å². The van der Waals surface area contributed by atoms with Crippen LogP contribution in [-0.4, -0.2) is 0 Å². The van der Waals surface area contributed by atoms with Crippen LogP contribution < -0.4 is 4.74 Å². The van der Waals surface area contributed by atoms with Crippen LogP contribution in [0.25, 0.3) is 0 Å². The van der Waals surface area contributed by atoms with Crippen LogP contribution in [0.3, 0.4) is 0 Å². The molecule has 0 saturated heterocycles. The minimum atomic E-state index is 0.429. The predicted molar refractivity (Wildman–Crippen MR) is 84.9 cm³/mol. The van der Waals surface area contributed by atoms with Crippen molar-refractivity contribution in [3.8, 4) is 5.75 Å². The van der Waals surface area contributed by atoms with Gasteiger partial charge < -0.3 is 4.74 Å². The Morgan fingerprint density at radius 2 is 1.63 bits per heavy atom. The minimum Gasteiger partial charge on any atom is -0.487 e. The fourth-order valence-electron chi connectivity index (χ4n) is 1.61. The van der Waals surface area contributed by atoms with E-state index in [1.807, 2.05) is 30.3 Å². The summed E-state index contributed by atoms with van der Waals surface area (Å²) in [4.78, 5) is 0. The van der Waals surface area contributed by atoms with Gasteiger partial charge in [-0.1, -0.05) is 62.9 Å². The van der Waals surface area contributed by atoms with Gasteiger partial charge in [-0.25, -0.2) is 0 Å². The van der Waals surface area contributed by atoms with E-state index in [1.165, 1.54) is 0 Å². The summed E-state index contributed by atoms with van der Waals surface area (Å²) in [6.45, 7) is 0.429. The lowest BCUT2D eigenvalue weighted by molar-refractivity contribution is 0.304. The van der Waals surface area contributed by atoms with E-state index in [9.17, 15) is 0 Å². The molecule has 0 unspecified atom stereocenters. The molecule has 2 aromatic carbocycles. The normalized spacial score (nSPS) is 10.5. The summed E-state index contributed by atoms with van der Waals surface area (Å²) in [6.07, 6.45) is 0.